The molecular weight excluding hydrogens is 534 g/mol. The van der Waals surface area contributed by atoms with Crippen molar-refractivity contribution in [3.8, 4) is 0 Å². The Hall–Kier alpha value is -3.84. The Morgan fingerprint density at radius 1 is 0.975 bits per heavy atom. The van der Waals surface area contributed by atoms with Gasteiger partial charge >= 0.3 is 5.97 Å². The van der Waals surface area contributed by atoms with E-state index in [0.717, 1.165) is 16.5 Å². The van der Waals surface area contributed by atoms with Crippen molar-refractivity contribution in [3.05, 3.63) is 54.2 Å². The van der Waals surface area contributed by atoms with Gasteiger partial charge in [0.05, 0.1) is 12.4 Å². The number of nitrogens with one attached hydrogen (secondary N) is 5. The molecule has 12 nitrogen and oxygen atoms in total. The zero-order valence-corrected chi connectivity index (χ0v) is 23.6. The normalized spacial score (nSPS) is 14.3. The van der Waals surface area contributed by atoms with E-state index in [1.807, 2.05) is 44.4 Å². The van der Waals surface area contributed by atoms with Crippen LogP contribution in [0.2, 0.25) is 0 Å². The number of carboxylic acid groups (broad SMARTS) is 1. The largest absolute Gasteiger partial charge is 0.480 e. The summed E-state index contributed by atoms with van der Waals surface area (Å²) in [5.74, 6) is -2.46. The number of fused-ring (bicyclic) bond motifs is 1. The lowest BCUT2D eigenvalue weighted by Crippen LogP contribution is -2.58. The minimum atomic E-state index is -1.26. The lowest BCUT2D eigenvalue weighted by Gasteiger charge is -2.25. The average molecular weight is 572 g/mol. The molecule has 1 aromatic carbocycles. The summed E-state index contributed by atoms with van der Waals surface area (Å²) in [4.78, 5) is 61.5. The van der Waals surface area contributed by atoms with Crippen LogP contribution in [0.5, 0.6) is 0 Å². The molecule has 13 heteroatoms. The van der Waals surface area contributed by atoms with Gasteiger partial charge in [-0.05, 0) is 36.0 Å². The number of amides is 3. The van der Waals surface area contributed by atoms with E-state index in [1.54, 1.807) is 6.20 Å². The Morgan fingerprint density at radius 3 is 2.30 bits per heavy atom. The lowest BCUT2D eigenvalue weighted by atomic mass is 10.0. The highest BCUT2D eigenvalue weighted by Crippen LogP contribution is 2.19. The van der Waals surface area contributed by atoms with Gasteiger partial charge in [-0.2, -0.15) is 11.8 Å². The van der Waals surface area contributed by atoms with E-state index in [0.29, 0.717) is 17.9 Å². The number of nitrogens with two attached hydrogens (primary N) is 1. The molecule has 216 valence electrons. The second kappa shape index (κ2) is 14.5. The molecule has 0 spiro atoms. The molecule has 0 radical (unpaired) electrons. The van der Waals surface area contributed by atoms with Gasteiger partial charge in [0, 0.05) is 41.8 Å². The number of rotatable bonds is 15. The predicted molar refractivity (Wildman–Crippen MR) is 154 cm³/mol. The number of thioether (sulfide) groups is 1. The Labute approximate surface area is 236 Å². The fraction of sp³-hybridized carbons (Fsp3) is 0.444. The summed E-state index contributed by atoms with van der Waals surface area (Å²) in [5, 5.41) is 18.7. The maximum absolute atomic E-state index is 13.5. The Kier molecular flexibility index (Phi) is 11.1. The molecule has 4 unspecified atom stereocenters. The topological polar surface area (TPSA) is 195 Å². The average Bonchev–Trinajstić information content (AvgIpc) is 3.59. The highest BCUT2D eigenvalue weighted by Gasteiger charge is 2.31. The van der Waals surface area contributed by atoms with Crippen LogP contribution in [0.4, 0.5) is 0 Å². The van der Waals surface area contributed by atoms with Crippen molar-refractivity contribution in [2.75, 3.05) is 12.0 Å². The van der Waals surface area contributed by atoms with E-state index in [2.05, 4.69) is 30.9 Å². The first-order valence-electron chi connectivity index (χ1n) is 13.0. The molecule has 8 N–H and O–H groups in total. The predicted octanol–water partition coefficient (Wildman–Crippen LogP) is 0.952. The van der Waals surface area contributed by atoms with E-state index in [9.17, 15) is 24.3 Å². The van der Waals surface area contributed by atoms with Crippen LogP contribution < -0.4 is 21.7 Å². The minimum absolute atomic E-state index is 0.0195. The van der Waals surface area contributed by atoms with Gasteiger partial charge < -0.3 is 36.8 Å². The molecule has 0 aliphatic rings. The van der Waals surface area contributed by atoms with Crippen molar-refractivity contribution in [2.24, 2.45) is 11.7 Å². The molecule has 3 aromatic rings. The van der Waals surface area contributed by atoms with Crippen molar-refractivity contribution in [1.29, 1.82) is 0 Å². The van der Waals surface area contributed by atoms with Gasteiger partial charge in [0.2, 0.25) is 17.7 Å². The molecule has 0 aliphatic carbocycles. The number of carbonyl (C=O) groups is 4. The number of carbonyl (C=O) groups excluding carboxylic acids is 3. The SMILES string of the molecule is CSCCC(NC(=O)C(N)C(C)C)C(=O)NC(Cc1c[nH]c2ccccc12)C(=O)NC(Cc1cnc[nH]1)C(=O)O. The molecule has 0 aliphatic heterocycles. The van der Waals surface area contributed by atoms with Crippen molar-refractivity contribution < 1.29 is 24.3 Å². The third-order valence-electron chi connectivity index (χ3n) is 6.59. The summed E-state index contributed by atoms with van der Waals surface area (Å²) < 4.78 is 0. The van der Waals surface area contributed by atoms with Crippen LogP contribution >= 0.6 is 11.8 Å². The number of hydrogen-bond donors (Lipinski definition) is 7. The molecule has 4 atom stereocenters. The lowest BCUT2D eigenvalue weighted by molar-refractivity contribution is -0.142. The molecule has 2 aromatic heterocycles. The van der Waals surface area contributed by atoms with Crippen LogP contribution in [0.15, 0.2) is 43.0 Å². The first-order chi connectivity index (χ1) is 19.1. The van der Waals surface area contributed by atoms with E-state index in [-0.39, 0.29) is 18.8 Å². The molecular formula is C27H37N7O5S. The molecule has 0 bridgehead atoms. The standard InChI is InChI=1S/C27H37N7O5S/c1-15(2)23(28)26(37)32-20(8-9-40-3)24(35)33-21(10-16-12-30-19-7-5-4-6-18(16)19)25(36)34-22(27(38)39)11-17-13-29-14-31-17/h4-7,12-15,20-23,30H,8-11,28H2,1-3H3,(H,29,31)(H,32,37)(H,33,35)(H,34,36)(H,38,39). The van der Waals surface area contributed by atoms with Gasteiger partial charge in [0.15, 0.2) is 0 Å². The zero-order valence-electron chi connectivity index (χ0n) is 22.8. The summed E-state index contributed by atoms with van der Waals surface area (Å²) >= 11 is 1.51. The first-order valence-corrected chi connectivity index (χ1v) is 14.4. The number of aliphatic carboxylic acids is 1. The molecule has 2 heterocycles. The second-order valence-corrected chi connectivity index (χ2v) is 10.9. The van der Waals surface area contributed by atoms with Crippen LogP contribution in [-0.2, 0) is 32.0 Å². The summed E-state index contributed by atoms with van der Waals surface area (Å²) in [7, 11) is 0. The fourth-order valence-electron chi connectivity index (χ4n) is 4.17. The number of aromatic nitrogens is 3. The maximum Gasteiger partial charge on any atom is 0.326 e. The third kappa shape index (κ3) is 8.33. The van der Waals surface area contributed by atoms with Gasteiger partial charge in [-0.1, -0.05) is 32.0 Å². The van der Waals surface area contributed by atoms with Crippen LogP contribution in [0, 0.1) is 5.92 Å². The van der Waals surface area contributed by atoms with E-state index in [1.165, 1.54) is 24.3 Å². The molecule has 0 saturated carbocycles. The smallest absolute Gasteiger partial charge is 0.326 e. The quantitative estimate of drug-likeness (QED) is 0.140. The van der Waals surface area contributed by atoms with Crippen molar-refractivity contribution in [3.63, 3.8) is 0 Å². The number of aromatic amines is 2. The molecule has 0 saturated heterocycles. The van der Waals surface area contributed by atoms with Gasteiger partial charge in [0.25, 0.3) is 0 Å². The second-order valence-electron chi connectivity index (χ2n) is 9.92. The maximum atomic E-state index is 13.5. The minimum Gasteiger partial charge on any atom is -0.480 e. The van der Waals surface area contributed by atoms with Crippen LogP contribution in [0.1, 0.15) is 31.5 Å². The van der Waals surface area contributed by atoms with Gasteiger partial charge in [0.1, 0.15) is 18.1 Å². The van der Waals surface area contributed by atoms with E-state index in [4.69, 9.17) is 5.73 Å². The number of benzene rings is 1. The van der Waals surface area contributed by atoms with Gasteiger partial charge in [-0.15, -0.1) is 0 Å². The molecule has 3 rings (SSSR count). The van der Waals surface area contributed by atoms with E-state index >= 15 is 0 Å². The van der Waals surface area contributed by atoms with Crippen LogP contribution in [0.25, 0.3) is 10.9 Å². The summed E-state index contributed by atoms with van der Waals surface area (Å²) in [6.45, 7) is 3.62. The Bertz CT molecular complexity index is 1290. The molecule has 0 fully saturated rings. The third-order valence-corrected chi connectivity index (χ3v) is 7.23. The molecule has 40 heavy (non-hydrogen) atoms. The summed E-state index contributed by atoms with van der Waals surface area (Å²) in [6.07, 6.45) is 6.93. The number of imidazole rings is 1. The zero-order chi connectivity index (χ0) is 29.2. The highest BCUT2D eigenvalue weighted by molar-refractivity contribution is 7.98. The number of para-hydroxylation sites is 1. The summed E-state index contributed by atoms with van der Waals surface area (Å²) in [5.41, 5.74) is 8.15. The van der Waals surface area contributed by atoms with Crippen LogP contribution in [0.3, 0.4) is 0 Å². The van der Waals surface area contributed by atoms with Crippen molar-refractivity contribution in [2.45, 2.75) is 57.3 Å². The Morgan fingerprint density at radius 2 is 1.65 bits per heavy atom. The number of carboxylic acids is 1. The summed E-state index contributed by atoms with van der Waals surface area (Å²) in [6, 6.07) is 3.42. The van der Waals surface area contributed by atoms with Crippen molar-refractivity contribution >= 4 is 46.4 Å². The number of H-pyrrole nitrogens is 2. The molecule has 3 amide bonds. The first kappa shape index (κ1) is 30.7. The fourth-order valence-corrected chi connectivity index (χ4v) is 4.64. The van der Waals surface area contributed by atoms with E-state index < -0.39 is 47.9 Å². The highest BCUT2D eigenvalue weighted by atomic mass is 32.2. The van der Waals surface area contributed by atoms with Gasteiger partial charge in [-0.3, -0.25) is 14.4 Å². The number of nitrogens with zero attached hydrogens (tertiary/aromatic N) is 1. The van der Waals surface area contributed by atoms with Gasteiger partial charge in [-0.25, -0.2) is 9.78 Å². The monoisotopic (exact) mass is 571 g/mol. The van der Waals surface area contributed by atoms with Crippen molar-refractivity contribution in [1.82, 2.24) is 30.9 Å². The van der Waals surface area contributed by atoms with Crippen LogP contribution in [-0.4, -0.2) is 79.9 Å². The Balaban J connectivity index is 1.85. The number of hydrogen-bond acceptors (Lipinski definition) is 7.